The molecule has 1 aromatic carbocycles. The molecule has 2 aliphatic rings. The molecule has 9 heteroatoms. The summed E-state index contributed by atoms with van der Waals surface area (Å²) in [6.45, 7) is 6.41. The Bertz CT molecular complexity index is 950. The minimum atomic E-state index is -4.13. The van der Waals surface area contributed by atoms with E-state index in [9.17, 15) is 22.8 Å². The van der Waals surface area contributed by atoms with Gasteiger partial charge in [0.05, 0.1) is 17.4 Å². The fraction of sp³-hybridized carbons (Fsp3) is 0.571. The number of carbonyl (C=O) groups is 3. The number of aryl methyl sites for hydroxylation is 2. The van der Waals surface area contributed by atoms with Crippen molar-refractivity contribution in [1.29, 1.82) is 0 Å². The number of piperidine rings is 1. The van der Waals surface area contributed by atoms with Crippen LogP contribution in [0.1, 0.15) is 43.7 Å². The van der Waals surface area contributed by atoms with Crippen molar-refractivity contribution < 1.29 is 27.5 Å². The maximum Gasteiger partial charge on any atom is 0.309 e. The van der Waals surface area contributed by atoms with Crippen molar-refractivity contribution in [2.24, 2.45) is 5.92 Å². The summed E-state index contributed by atoms with van der Waals surface area (Å²) in [6, 6.07) is 3.65. The van der Waals surface area contributed by atoms with Crippen molar-refractivity contribution in [1.82, 2.24) is 9.21 Å². The van der Waals surface area contributed by atoms with E-state index in [2.05, 4.69) is 0 Å². The molecular formula is C21H28N2O6S. The topological polar surface area (TPSA) is 101 Å². The average Bonchev–Trinajstić information content (AvgIpc) is 3.12. The molecule has 8 nitrogen and oxygen atoms in total. The monoisotopic (exact) mass is 436 g/mol. The highest BCUT2D eigenvalue weighted by atomic mass is 32.2. The van der Waals surface area contributed by atoms with Crippen molar-refractivity contribution in [3.8, 4) is 0 Å². The van der Waals surface area contributed by atoms with E-state index in [0.29, 0.717) is 32.5 Å². The molecule has 3 rings (SSSR count). The first-order chi connectivity index (χ1) is 14.2. The Hall–Kier alpha value is -2.42. The molecule has 1 atom stereocenters. The third-order valence-electron chi connectivity index (χ3n) is 5.91. The SMILES string of the molecule is CCOC(=O)C1CCN(C(=O)[C@@H]2CCC(=O)N2S(=O)(=O)c2ccc(C)c(C)c2)CC1. The lowest BCUT2D eigenvalue weighted by Crippen LogP contribution is -2.51. The molecule has 0 spiro atoms. The minimum absolute atomic E-state index is 0.0136. The summed E-state index contributed by atoms with van der Waals surface area (Å²) in [5, 5.41) is 0. The second kappa shape index (κ2) is 8.75. The molecule has 30 heavy (non-hydrogen) atoms. The first-order valence-electron chi connectivity index (χ1n) is 10.3. The van der Waals surface area contributed by atoms with Gasteiger partial charge in [0.1, 0.15) is 6.04 Å². The highest BCUT2D eigenvalue weighted by Crippen LogP contribution is 2.30. The second-order valence-corrected chi connectivity index (χ2v) is 9.66. The van der Waals surface area contributed by atoms with Crippen molar-refractivity contribution >= 4 is 27.8 Å². The molecule has 0 aliphatic carbocycles. The Morgan fingerprint density at radius 2 is 1.77 bits per heavy atom. The van der Waals surface area contributed by atoms with Gasteiger partial charge in [-0.1, -0.05) is 6.07 Å². The molecule has 0 saturated carbocycles. The van der Waals surface area contributed by atoms with Gasteiger partial charge in [-0.3, -0.25) is 14.4 Å². The summed E-state index contributed by atoms with van der Waals surface area (Å²) in [5.41, 5.74) is 1.74. The van der Waals surface area contributed by atoms with Crippen molar-refractivity contribution in [3.05, 3.63) is 29.3 Å². The molecule has 2 fully saturated rings. The van der Waals surface area contributed by atoms with Gasteiger partial charge in [0.25, 0.3) is 10.0 Å². The van der Waals surface area contributed by atoms with Crippen LogP contribution in [0.4, 0.5) is 0 Å². The summed E-state index contributed by atoms with van der Waals surface area (Å²) >= 11 is 0. The largest absolute Gasteiger partial charge is 0.466 e. The van der Waals surface area contributed by atoms with Gasteiger partial charge in [-0.15, -0.1) is 0 Å². The predicted molar refractivity (Wildman–Crippen MR) is 109 cm³/mol. The van der Waals surface area contributed by atoms with E-state index < -0.39 is 22.0 Å². The number of esters is 1. The summed E-state index contributed by atoms with van der Waals surface area (Å²) < 4.78 is 32.2. The standard InChI is InChI=1S/C21H28N2O6S/c1-4-29-21(26)16-9-11-22(12-10-16)20(25)18-7-8-19(24)23(18)30(27,28)17-6-5-14(2)15(3)13-17/h5-6,13,16,18H,4,7-12H2,1-3H3/t18-/m0/s1. The second-order valence-electron chi connectivity index (χ2n) is 7.85. The lowest BCUT2D eigenvalue weighted by Gasteiger charge is -2.34. The van der Waals surface area contributed by atoms with Crippen LogP contribution in [-0.2, 0) is 29.1 Å². The van der Waals surface area contributed by atoms with Crippen LogP contribution in [0.5, 0.6) is 0 Å². The van der Waals surface area contributed by atoms with E-state index in [4.69, 9.17) is 4.74 Å². The zero-order valence-corrected chi connectivity index (χ0v) is 18.4. The number of sulfonamides is 1. The molecule has 2 saturated heterocycles. The number of carbonyl (C=O) groups excluding carboxylic acids is 3. The van der Waals surface area contributed by atoms with Crippen LogP contribution in [-0.4, -0.2) is 61.1 Å². The molecule has 2 heterocycles. The first kappa shape index (κ1) is 22.3. The maximum absolute atomic E-state index is 13.2. The molecule has 0 unspecified atom stereocenters. The molecule has 2 aliphatic heterocycles. The van der Waals surface area contributed by atoms with Gasteiger partial charge in [-0.25, -0.2) is 12.7 Å². The van der Waals surface area contributed by atoms with E-state index >= 15 is 0 Å². The number of rotatable bonds is 5. The van der Waals surface area contributed by atoms with E-state index in [1.807, 2.05) is 6.92 Å². The average molecular weight is 437 g/mol. The lowest BCUT2D eigenvalue weighted by atomic mass is 9.96. The molecule has 0 N–H and O–H groups in total. The fourth-order valence-electron chi connectivity index (χ4n) is 3.98. The van der Waals surface area contributed by atoms with E-state index in [-0.39, 0.29) is 35.5 Å². The number of amides is 2. The number of hydrogen-bond donors (Lipinski definition) is 0. The normalized spacial score (nSPS) is 20.5. The van der Waals surface area contributed by atoms with Crippen LogP contribution >= 0.6 is 0 Å². The number of ether oxygens (including phenoxy) is 1. The Morgan fingerprint density at radius 3 is 2.37 bits per heavy atom. The van der Waals surface area contributed by atoms with Gasteiger partial charge in [0.15, 0.2) is 0 Å². The molecule has 0 radical (unpaired) electrons. The molecule has 2 amide bonds. The first-order valence-corrected chi connectivity index (χ1v) is 11.7. The Morgan fingerprint density at radius 1 is 1.10 bits per heavy atom. The number of nitrogens with zero attached hydrogens (tertiary/aromatic N) is 2. The highest BCUT2D eigenvalue weighted by Gasteiger charge is 2.46. The molecule has 0 aromatic heterocycles. The number of likely N-dealkylation sites (tertiary alicyclic amines) is 1. The Balaban J connectivity index is 1.77. The van der Waals surface area contributed by atoms with Crippen LogP contribution in [0.25, 0.3) is 0 Å². The van der Waals surface area contributed by atoms with Crippen molar-refractivity contribution in [2.45, 2.75) is 57.4 Å². The lowest BCUT2D eigenvalue weighted by molar-refractivity contribution is -0.151. The van der Waals surface area contributed by atoms with E-state index in [0.717, 1.165) is 15.4 Å². The summed E-state index contributed by atoms with van der Waals surface area (Å²) in [7, 11) is -4.13. The molecule has 164 valence electrons. The van der Waals surface area contributed by atoms with E-state index in [1.54, 1.807) is 24.8 Å². The molecular weight excluding hydrogens is 408 g/mol. The maximum atomic E-state index is 13.2. The van der Waals surface area contributed by atoms with Crippen LogP contribution in [0.2, 0.25) is 0 Å². The zero-order chi connectivity index (χ0) is 22.1. The molecule has 0 bridgehead atoms. The smallest absolute Gasteiger partial charge is 0.309 e. The van der Waals surface area contributed by atoms with Crippen LogP contribution < -0.4 is 0 Å². The van der Waals surface area contributed by atoms with Gasteiger partial charge in [0, 0.05) is 19.5 Å². The van der Waals surface area contributed by atoms with Gasteiger partial charge in [0.2, 0.25) is 11.8 Å². The van der Waals surface area contributed by atoms with Gasteiger partial charge in [-0.05, 0) is 63.3 Å². The van der Waals surface area contributed by atoms with Crippen molar-refractivity contribution in [3.63, 3.8) is 0 Å². The molecule has 1 aromatic rings. The fourth-order valence-corrected chi connectivity index (χ4v) is 5.66. The quantitative estimate of drug-likeness (QED) is 0.652. The van der Waals surface area contributed by atoms with Gasteiger partial charge >= 0.3 is 5.97 Å². The van der Waals surface area contributed by atoms with Crippen molar-refractivity contribution in [2.75, 3.05) is 19.7 Å². The summed E-state index contributed by atoms with van der Waals surface area (Å²) in [6.07, 6.45) is 1.11. The Kier molecular flexibility index (Phi) is 6.50. The van der Waals surface area contributed by atoms with Crippen LogP contribution in [0.15, 0.2) is 23.1 Å². The highest BCUT2D eigenvalue weighted by molar-refractivity contribution is 7.89. The summed E-state index contributed by atoms with van der Waals surface area (Å²) in [5.74, 6) is -1.46. The summed E-state index contributed by atoms with van der Waals surface area (Å²) in [4.78, 5) is 39.1. The third kappa shape index (κ3) is 4.21. The predicted octanol–water partition coefficient (Wildman–Crippen LogP) is 1.78. The third-order valence-corrected chi connectivity index (χ3v) is 7.73. The van der Waals surface area contributed by atoms with Crippen LogP contribution in [0.3, 0.4) is 0 Å². The van der Waals surface area contributed by atoms with E-state index in [1.165, 1.54) is 12.1 Å². The number of benzene rings is 1. The number of hydrogen-bond acceptors (Lipinski definition) is 6. The minimum Gasteiger partial charge on any atom is -0.466 e. The van der Waals surface area contributed by atoms with Gasteiger partial charge < -0.3 is 9.64 Å². The zero-order valence-electron chi connectivity index (χ0n) is 17.6. The van der Waals surface area contributed by atoms with Crippen LogP contribution in [0, 0.1) is 19.8 Å². The Labute approximate surface area is 177 Å². The van der Waals surface area contributed by atoms with Gasteiger partial charge in [-0.2, -0.15) is 0 Å².